The number of amides is 1. The van der Waals surface area contributed by atoms with Crippen molar-refractivity contribution in [1.82, 2.24) is 4.90 Å². The SMILES string of the molecule is Nc1ccc(CC(=O)N2CCCC3(CCCCC3)C2)cc1. The largest absolute Gasteiger partial charge is 0.399 e. The highest BCUT2D eigenvalue weighted by Crippen LogP contribution is 2.43. The summed E-state index contributed by atoms with van der Waals surface area (Å²) in [6, 6.07) is 7.68. The zero-order chi connectivity index (χ0) is 14.7. The van der Waals surface area contributed by atoms with Gasteiger partial charge in [0.15, 0.2) is 0 Å². The summed E-state index contributed by atoms with van der Waals surface area (Å²) >= 11 is 0. The highest BCUT2D eigenvalue weighted by atomic mass is 16.2. The van der Waals surface area contributed by atoms with E-state index in [2.05, 4.69) is 4.90 Å². The first-order chi connectivity index (χ1) is 10.2. The highest BCUT2D eigenvalue weighted by Gasteiger charge is 2.37. The molecule has 1 aliphatic heterocycles. The molecule has 0 radical (unpaired) electrons. The number of hydrogen-bond acceptors (Lipinski definition) is 2. The number of likely N-dealkylation sites (tertiary alicyclic amines) is 1. The van der Waals surface area contributed by atoms with Gasteiger partial charge in [0.05, 0.1) is 6.42 Å². The predicted octanol–water partition coefficient (Wildman–Crippen LogP) is 3.38. The van der Waals surface area contributed by atoms with Gasteiger partial charge < -0.3 is 10.6 Å². The van der Waals surface area contributed by atoms with Gasteiger partial charge in [0.1, 0.15) is 0 Å². The number of anilines is 1. The van der Waals surface area contributed by atoms with E-state index in [4.69, 9.17) is 5.73 Å². The molecule has 1 heterocycles. The van der Waals surface area contributed by atoms with Gasteiger partial charge in [-0.2, -0.15) is 0 Å². The minimum absolute atomic E-state index is 0.282. The smallest absolute Gasteiger partial charge is 0.227 e. The Morgan fingerprint density at radius 3 is 2.43 bits per heavy atom. The minimum Gasteiger partial charge on any atom is -0.399 e. The van der Waals surface area contributed by atoms with Crippen LogP contribution in [-0.4, -0.2) is 23.9 Å². The highest BCUT2D eigenvalue weighted by molar-refractivity contribution is 5.79. The van der Waals surface area contributed by atoms with Crippen LogP contribution >= 0.6 is 0 Å². The first kappa shape index (κ1) is 14.4. The summed E-state index contributed by atoms with van der Waals surface area (Å²) in [5.74, 6) is 0.282. The second-order valence-corrected chi connectivity index (χ2v) is 6.90. The number of rotatable bonds is 2. The van der Waals surface area contributed by atoms with Crippen molar-refractivity contribution < 1.29 is 4.79 Å². The fourth-order valence-electron chi connectivity index (χ4n) is 4.05. The Morgan fingerprint density at radius 2 is 1.71 bits per heavy atom. The average molecular weight is 286 g/mol. The molecule has 0 aromatic heterocycles. The Labute approximate surface area is 127 Å². The van der Waals surface area contributed by atoms with Crippen molar-refractivity contribution in [2.75, 3.05) is 18.8 Å². The summed E-state index contributed by atoms with van der Waals surface area (Å²) in [6.07, 6.45) is 9.71. The van der Waals surface area contributed by atoms with Gasteiger partial charge in [0.25, 0.3) is 0 Å². The fourth-order valence-corrected chi connectivity index (χ4v) is 4.05. The van der Waals surface area contributed by atoms with Gasteiger partial charge in [-0.1, -0.05) is 31.4 Å². The van der Waals surface area contributed by atoms with Crippen molar-refractivity contribution in [2.45, 2.75) is 51.4 Å². The van der Waals surface area contributed by atoms with Crippen LogP contribution in [0.2, 0.25) is 0 Å². The minimum atomic E-state index is 0.282. The predicted molar refractivity (Wildman–Crippen MR) is 85.9 cm³/mol. The van der Waals surface area contributed by atoms with E-state index in [9.17, 15) is 4.79 Å². The summed E-state index contributed by atoms with van der Waals surface area (Å²) < 4.78 is 0. The lowest BCUT2D eigenvalue weighted by atomic mass is 9.69. The fraction of sp³-hybridized carbons (Fsp3) is 0.611. The molecule has 2 N–H and O–H groups in total. The van der Waals surface area contributed by atoms with E-state index >= 15 is 0 Å². The van der Waals surface area contributed by atoms with E-state index in [1.807, 2.05) is 24.3 Å². The zero-order valence-electron chi connectivity index (χ0n) is 12.8. The van der Waals surface area contributed by atoms with Crippen LogP contribution in [0.1, 0.15) is 50.5 Å². The number of nitrogens with zero attached hydrogens (tertiary/aromatic N) is 1. The van der Waals surface area contributed by atoms with Gasteiger partial charge in [-0.25, -0.2) is 0 Å². The Hall–Kier alpha value is -1.51. The molecule has 3 rings (SSSR count). The van der Waals surface area contributed by atoms with Crippen molar-refractivity contribution in [2.24, 2.45) is 5.41 Å². The normalized spacial score (nSPS) is 21.4. The van der Waals surface area contributed by atoms with Crippen molar-refractivity contribution in [1.29, 1.82) is 0 Å². The van der Waals surface area contributed by atoms with Gasteiger partial charge in [0.2, 0.25) is 5.91 Å². The molecule has 0 bridgehead atoms. The van der Waals surface area contributed by atoms with Crippen LogP contribution in [0.3, 0.4) is 0 Å². The van der Waals surface area contributed by atoms with Crippen LogP contribution in [-0.2, 0) is 11.2 Å². The molecule has 1 aromatic carbocycles. The van der Waals surface area contributed by atoms with E-state index < -0.39 is 0 Å². The van der Waals surface area contributed by atoms with E-state index in [1.54, 1.807) is 0 Å². The molecule has 21 heavy (non-hydrogen) atoms. The van der Waals surface area contributed by atoms with Gasteiger partial charge >= 0.3 is 0 Å². The summed E-state index contributed by atoms with van der Waals surface area (Å²) in [6.45, 7) is 1.93. The maximum atomic E-state index is 12.6. The standard InChI is InChI=1S/C18H26N2O/c19-16-7-5-15(6-8-16)13-17(21)20-12-4-11-18(14-20)9-2-1-3-10-18/h5-8H,1-4,9-14,19H2. The summed E-state index contributed by atoms with van der Waals surface area (Å²) in [5.41, 5.74) is 7.96. The van der Waals surface area contributed by atoms with Crippen LogP contribution in [0, 0.1) is 5.41 Å². The molecule has 114 valence electrons. The van der Waals surface area contributed by atoms with E-state index in [1.165, 1.54) is 44.9 Å². The second-order valence-electron chi connectivity index (χ2n) is 6.90. The average Bonchev–Trinajstić information content (AvgIpc) is 2.50. The third-order valence-corrected chi connectivity index (χ3v) is 5.26. The first-order valence-electron chi connectivity index (χ1n) is 8.29. The Bertz CT molecular complexity index is 483. The number of piperidine rings is 1. The van der Waals surface area contributed by atoms with Gasteiger partial charge in [-0.15, -0.1) is 0 Å². The lowest BCUT2D eigenvalue weighted by Crippen LogP contribution is -2.47. The maximum Gasteiger partial charge on any atom is 0.227 e. The summed E-state index contributed by atoms with van der Waals surface area (Å²) in [5, 5.41) is 0. The molecule has 0 unspecified atom stereocenters. The number of benzene rings is 1. The van der Waals surface area contributed by atoms with Crippen LogP contribution in [0.15, 0.2) is 24.3 Å². The van der Waals surface area contributed by atoms with E-state index in [0.717, 1.165) is 24.3 Å². The number of carbonyl (C=O) groups is 1. The number of carbonyl (C=O) groups excluding carboxylic acids is 1. The molecule has 1 amide bonds. The Balaban J connectivity index is 1.62. The molecule has 3 heteroatoms. The summed E-state index contributed by atoms with van der Waals surface area (Å²) in [7, 11) is 0. The second kappa shape index (κ2) is 6.08. The molecule has 1 aromatic rings. The number of nitrogen functional groups attached to an aromatic ring is 1. The molecule has 1 spiro atoms. The molecule has 1 aliphatic carbocycles. The molecule has 1 saturated heterocycles. The molecule has 2 aliphatic rings. The van der Waals surface area contributed by atoms with Crippen molar-refractivity contribution >= 4 is 11.6 Å². The monoisotopic (exact) mass is 286 g/mol. The van der Waals surface area contributed by atoms with Crippen LogP contribution in [0.25, 0.3) is 0 Å². The quantitative estimate of drug-likeness (QED) is 0.847. The van der Waals surface area contributed by atoms with Gasteiger partial charge in [-0.3, -0.25) is 4.79 Å². The van der Waals surface area contributed by atoms with Crippen molar-refractivity contribution in [3.63, 3.8) is 0 Å². The third kappa shape index (κ3) is 3.39. The topological polar surface area (TPSA) is 46.3 Å². The zero-order valence-corrected chi connectivity index (χ0v) is 12.8. The Kier molecular flexibility index (Phi) is 4.18. The van der Waals surface area contributed by atoms with Crippen molar-refractivity contribution in [3.05, 3.63) is 29.8 Å². The molecule has 0 atom stereocenters. The number of hydrogen-bond donors (Lipinski definition) is 1. The van der Waals surface area contributed by atoms with Crippen molar-refractivity contribution in [3.8, 4) is 0 Å². The molecule has 3 nitrogen and oxygen atoms in total. The Morgan fingerprint density at radius 1 is 1.05 bits per heavy atom. The molecular formula is C18H26N2O. The van der Waals surface area contributed by atoms with Crippen LogP contribution in [0.4, 0.5) is 5.69 Å². The maximum absolute atomic E-state index is 12.6. The summed E-state index contributed by atoms with van der Waals surface area (Å²) in [4.78, 5) is 14.7. The van der Waals surface area contributed by atoms with E-state index in [-0.39, 0.29) is 5.91 Å². The molecular weight excluding hydrogens is 260 g/mol. The van der Waals surface area contributed by atoms with Gasteiger partial charge in [0, 0.05) is 18.8 Å². The van der Waals surface area contributed by atoms with Gasteiger partial charge in [-0.05, 0) is 48.8 Å². The third-order valence-electron chi connectivity index (χ3n) is 5.26. The van der Waals surface area contributed by atoms with Crippen LogP contribution < -0.4 is 5.73 Å². The van der Waals surface area contributed by atoms with E-state index in [0.29, 0.717) is 11.8 Å². The molecule has 1 saturated carbocycles. The van der Waals surface area contributed by atoms with Crippen LogP contribution in [0.5, 0.6) is 0 Å². The lowest BCUT2D eigenvalue weighted by Gasteiger charge is -2.45. The lowest BCUT2D eigenvalue weighted by molar-refractivity contribution is -0.134. The number of nitrogens with two attached hydrogens (primary N) is 1. The molecule has 2 fully saturated rings. The first-order valence-corrected chi connectivity index (χ1v) is 8.29.